The fourth-order valence-corrected chi connectivity index (χ4v) is 3.54. The average molecular weight is 324 g/mol. The quantitative estimate of drug-likeness (QED) is 0.758. The van der Waals surface area contributed by atoms with Crippen molar-refractivity contribution in [3.05, 3.63) is 58.7 Å². The van der Waals surface area contributed by atoms with E-state index in [1.807, 2.05) is 18.2 Å². The minimum absolute atomic E-state index is 0.0228. The predicted molar refractivity (Wildman–Crippen MR) is 97.2 cm³/mol. The Kier molecular flexibility index (Phi) is 4.44. The second-order valence-corrected chi connectivity index (χ2v) is 6.81. The van der Waals surface area contributed by atoms with Crippen molar-refractivity contribution in [1.29, 1.82) is 0 Å². The Morgan fingerprint density at radius 2 is 2.00 bits per heavy atom. The molecule has 0 fully saturated rings. The van der Waals surface area contributed by atoms with E-state index in [-0.39, 0.29) is 5.91 Å². The zero-order valence-electron chi connectivity index (χ0n) is 13.6. The molecule has 0 saturated carbocycles. The number of para-hydroxylation sites is 1. The normalized spacial score (nSPS) is 10.9. The maximum absolute atomic E-state index is 12.3. The molecule has 1 amide bonds. The SMILES string of the molecule is CCc1cccc2sc(NC(=O)Cc3ccc(C)c(C)c3)nc12. The topological polar surface area (TPSA) is 42.0 Å². The van der Waals surface area contributed by atoms with E-state index in [4.69, 9.17) is 0 Å². The van der Waals surface area contributed by atoms with Gasteiger partial charge in [-0.2, -0.15) is 0 Å². The second-order valence-electron chi connectivity index (χ2n) is 5.78. The van der Waals surface area contributed by atoms with E-state index in [2.05, 4.69) is 49.3 Å². The van der Waals surface area contributed by atoms with Gasteiger partial charge >= 0.3 is 0 Å². The van der Waals surface area contributed by atoms with Crippen molar-refractivity contribution in [2.24, 2.45) is 0 Å². The first kappa shape index (κ1) is 15.7. The molecule has 0 unspecified atom stereocenters. The van der Waals surface area contributed by atoms with Crippen LogP contribution in [-0.4, -0.2) is 10.9 Å². The van der Waals surface area contributed by atoms with E-state index in [0.29, 0.717) is 11.6 Å². The lowest BCUT2D eigenvalue weighted by Crippen LogP contribution is -2.14. The van der Waals surface area contributed by atoms with Gasteiger partial charge in [-0.1, -0.05) is 48.6 Å². The molecule has 0 aliphatic heterocycles. The van der Waals surface area contributed by atoms with E-state index in [1.165, 1.54) is 28.0 Å². The smallest absolute Gasteiger partial charge is 0.230 e. The van der Waals surface area contributed by atoms with Crippen molar-refractivity contribution < 1.29 is 4.79 Å². The fourth-order valence-electron chi connectivity index (χ4n) is 2.61. The molecule has 0 aliphatic rings. The summed E-state index contributed by atoms with van der Waals surface area (Å²) in [5, 5.41) is 3.61. The van der Waals surface area contributed by atoms with E-state index in [9.17, 15) is 4.79 Å². The standard InChI is InChI=1S/C19H20N2OS/c1-4-15-6-5-7-16-18(15)21-19(23-16)20-17(22)11-14-9-8-12(2)13(3)10-14/h5-10H,4,11H2,1-3H3,(H,20,21,22). The van der Waals surface area contributed by atoms with Crippen molar-refractivity contribution in [3.8, 4) is 0 Å². The largest absolute Gasteiger partial charge is 0.302 e. The summed E-state index contributed by atoms with van der Waals surface area (Å²) in [6, 6.07) is 12.3. The zero-order chi connectivity index (χ0) is 16.4. The minimum atomic E-state index is -0.0228. The van der Waals surface area contributed by atoms with E-state index in [0.717, 1.165) is 22.2 Å². The molecule has 3 aromatic rings. The van der Waals surface area contributed by atoms with Crippen LogP contribution in [0.1, 0.15) is 29.2 Å². The summed E-state index contributed by atoms with van der Waals surface area (Å²) in [6.45, 7) is 6.26. The molecule has 0 bridgehead atoms. The Hall–Kier alpha value is -2.20. The van der Waals surface area contributed by atoms with Crippen LogP contribution in [0.5, 0.6) is 0 Å². The van der Waals surface area contributed by atoms with Crippen LogP contribution in [0, 0.1) is 13.8 Å². The molecule has 118 valence electrons. The third kappa shape index (κ3) is 3.42. The van der Waals surface area contributed by atoms with Gasteiger partial charge in [0.1, 0.15) is 0 Å². The molecular formula is C19H20N2OS. The summed E-state index contributed by atoms with van der Waals surface area (Å²) in [5.74, 6) is -0.0228. The molecule has 1 N–H and O–H groups in total. The van der Waals surface area contributed by atoms with Crippen LogP contribution in [0.3, 0.4) is 0 Å². The molecular weight excluding hydrogens is 304 g/mol. The molecule has 0 saturated heterocycles. The first-order valence-electron chi connectivity index (χ1n) is 7.81. The highest BCUT2D eigenvalue weighted by Crippen LogP contribution is 2.28. The van der Waals surface area contributed by atoms with Gasteiger partial charge in [0.15, 0.2) is 5.13 Å². The highest BCUT2D eigenvalue weighted by molar-refractivity contribution is 7.22. The number of thiazole rings is 1. The van der Waals surface area contributed by atoms with Crippen LogP contribution in [0.4, 0.5) is 5.13 Å². The number of carbonyl (C=O) groups is 1. The molecule has 1 aromatic heterocycles. The number of amides is 1. The Labute approximate surface area is 140 Å². The maximum atomic E-state index is 12.3. The van der Waals surface area contributed by atoms with Crippen LogP contribution in [0.25, 0.3) is 10.2 Å². The summed E-state index contributed by atoms with van der Waals surface area (Å²) >= 11 is 1.53. The molecule has 2 aromatic carbocycles. The highest BCUT2D eigenvalue weighted by Gasteiger charge is 2.10. The van der Waals surface area contributed by atoms with Crippen LogP contribution >= 0.6 is 11.3 Å². The van der Waals surface area contributed by atoms with Gasteiger partial charge in [-0.3, -0.25) is 4.79 Å². The number of nitrogens with one attached hydrogen (secondary N) is 1. The molecule has 0 spiro atoms. The van der Waals surface area contributed by atoms with Crippen LogP contribution < -0.4 is 5.32 Å². The number of rotatable bonds is 4. The van der Waals surface area contributed by atoms with Crippen molar-refractivity contribution in [2.75, 3.05) is 5.32 Å². The van der Waals surface area contributed by atoms with Gasteiger partial charge in [0.25, 0.3) is 0 Å². The van der Waals surface area contributed by atoms with Gasteiger partial charge in [-0.05, 0) is 48.6 Å². The van der Waals surface area contributed by atoms with Crippen molar-refractivity contribution in [2.45, 2.75) is 33.6 Å². The molecule has 1 heterocycles. The molecule has 0 atom stereocenters. The Morgan fingerprint density at radius 3 is 2.74 bits per heavy atom. The number of aromatic nitrogens is 1. The van der Waals surface area contributed by atoms with Crippen LogP contribution in [-0.2, 0) is 17.6 Å². The number of anilines is 1. The summed E-state index contributed by atoms with van der Waals surface area (Å²) in [4.78, 5) is 16.8. The zero-order valence-corrected chi connectivity index (χ0v) is 14.5. The Balaban J connectivity index is 1.76. The fraction of sp³-hybridized carbons (Fsp3) is 0.263. The number of carbonyl (C=O) groups excluding carboxylic acids is 1. The summed E-state index contributed by atoms with van der Waals surface area (Å²) in [6.07, 6.45) is 1.31. The van der Waals surface area contributed by atoms with Gasteiger partial charge in [-0.25, -0.2) is 4.98 Å². The monoisotopic (exact) mass is 324 g/mol. The summed E-state index contributed by atoms with van der Waals surface area (Å²) in [7, 11) is 0. The number of hydrogen-bond donors (Lipinski definition) is 1. The van der Waals surface area contributed by atoms with Gasteiger partial charge in [-0.15, -0.1) is 0 Å². The van der Waals surface area contributed by atoms with Gasteiger partial charge in [0.2, 0.25) is 5.91 Å². The van der Waals surface area contributed by atoms with Crippen molar-refractivity contribution in [3.63, 3.8) is 0 Å². The van der Waals surface area contributed by atoms with Crippen LogP contribution in [0.15, 0.2) is 36.4 Å². The maximum Gasteiger partial charge on any atom is 0.230 e. The Morgan fingerprint density at radius 1 is 1.17 bits per heavy atom. The third-order valence-corrected chi connectivity index (χ3v) is 5.00. The summed E-state index contributed by atoms with van der Waals surface area (Å²) in [5.41, 5.74) is 5.70. The van der Waals surface area contributed by atoms with Crippen molar-refractivity contribution in [1.82, 2.24) is 4.98 Å². The van der Waals surface area contributed by atoms with Crippen LogP contribution in [0.2, 0.25) is 0 Å². The van der Waals surface area contributed by atoms with E-state index in [1.54, 1.807) is 0 Å². The molecule has 0 radical (unpaired) electrons. The number of fused-ring (bicyclic) bond motifs is 1. The Bertz CT molecular complexity index is 867. The van der Waals surface area contributed by atoms with Gasteiger partial charge < -0.3 is 5.32 Å². The lowest BCUT2D eigenvalue weighted by molar-refractivity contribution is -0.115. The minimum Gasteiger partial charge on any atom is -0.302 e. The predicted octanol–water partition coefficient (Wildman–Crippen LogP) is 4.66. The average Bonchev–Trinajstić information content (AvgIpc) is 2.92. The molecule has 4 heteroatoms. The lowest BCUT2D eigenvalue weighted by atomic mass is 10.0. The number of aryl methyl sites for hydroxylation is 3. The van der Waals surface area contributed by atoms with E-state index < -0.39 is 0 Å². The number of hydrogen-bond acceptors (Lipinski definition) is 3. The van der Waals surface area contributed by atoms with Gasteiger partial charge in [0, 0.05) is 0 Å². The molecule has 0 aliphatic carbocycles. The lowest BCUT2D eigenvalue weighted by Gasteiger charge is -2.05. The van der Waals surface area contributed by atoms with Crippen molar-refractivity contribution >= 4 is 32.6 Å². The van der Waals surface area contributed by atoms with E-state index >= 15 is 0 Å². The first-order chi connectivity index (χ1) is 11.1. The van der Waals surface area contributed by atoms with Gasteiger partial charge in [0.05, 0.1) is 16.6 Å². The number of benzene rings is 2. The molecule has 3 nitrogen and oxygen atoms in total. The summed E-state index contributed by atoms with van der Waals surface area (Å²) < 4.78 is 1.12. The molecule has 3 rings (SSSR count). The number of nitrogens with zero attached hydrogens (tertiary/aromatic N) is 1. The molecule has 23 heavy (non-hydrogen) atoms. The second kappa shape index (κ2) is 6.50. The highest BCUT2D eigenvalue weighted by atomic mass is 32.1. The third-order valence-electron chi connectivity index (χ3n) is 4.07. The first-order valence-corrected chi connectivity index (χ1v) is 8.63.